The van der Waals surface area contributed by atoms with Gasteiger partial charge in [0.15, 0.2) is 0 Å². The molecule has 0 spiro atoms. The number of carbonyl (C=O) groups excluding carboxylic acids is 1. The first-order valence-corrected chi connectivity index (χ1v) is 8.50. The van der Waals surface area contributed by atoms with Crippen LogP contribution in [0, 0.1) is 13.8 Å². The Kier molecular flexibility index (Phi) is 12.3. The molecule has 0 N–H and O–H groups in total. The SMILES string of the molecule is CCCCN(CCCC)C(=O)OCC.Cc1cccc(C)c1. The summed E-state index contributed by atoms with van der Waals surface area (Å²) in [5, 5.41) is 0. The number of carbonyl (C=O) groups is 1. The third-order valence-corrected chi connectivity index (χ3v) is 3.26. The van der Waals surface area contributed by atoms with Crippen molar-refractivity contribution in [3.63, 3.8) is 0 Å². The molecular weight excluding hydrogens is 274 g/mol. The number of hydrogen-bond donors (Lipinski definition) is 0. The summed E-state index contributed by atoms with van der Waals surface area (Å²) in [5.41, 5.74) is 2.68. The zero-order valence-electron chi connectivity index (χ0n) is 15.0. The van der Waals surface area contributed by atoms with E-state index in [1.807, 2.05) is 11.8 Å². The summed E-state index contributed by atoms with van der Waals surface area (Å²) in [6.45, 7) is 12.4. The molecule has 3 nitrogen and oxygen atoms in total. The van der Waals surface area contributed by atoms with Crippen LogP contribution in [0.15, 0.2) is 24.3 Å². The van der Waals surface area contributed by atoms with Crippen LogP contribution < -0.4 is 0 Å². The number of unbranched alkanes of at least 4 members (excludes halogenated alkanes) is 2. The predicted molar refractivity (Wildman–Crippen MR) is 94.3 cm³/mol. The van der Waals surface area contributed by atoms with Crippen LogP contribution in [0.25, 0.3) is 0 Å². The van der Waals surface area contributed by atoms with Gasteiger partial charge in [0.1, 0.15) is 0 Å². The molecule has 0 aromatic heterocycles. The van der Waals surface area contributed by atoms with Crippen LogP contribution in [-0.4, -0.2) is 30.7 Å². The fourth-order valence-corrected chi connectivity index (χ4v) is 2.01. The van der Waals surface area contributed by atoms with Gasteiger partial charge in [0.2, 0.25) is 0 Å². The first-order chi connectivity index (χ1) is 10.5. The summed E-state index contributed by atoms with van der Waals surface area (Å²) < 4.78 is 4.99. The van der Waals surface area contributed by atoms with Crippen molar-refractivity contribution in [1.82, 2.24) is 4.90 Å². The monoisotopic (exact) mass is 307 g/mol. The van der Waals surface area contributed by atoms with E-state index in [1.165, 1.54) is 11.1 Å². The lowest BCUT2D eigenvalue weighted by Crippen LogP contribution is -2.33. The Hall–Kier alpha value is -1.51. The van der Waals surface area contributed by atoms with E-state index in [0.29, 0.717) is 6.61 Å². The van der Waals surface area contributed by atoms with Crippen LogP contribution in [0.5, 0.6) is 0 Å². The summed E-state index contributed by atoms with van der Waals surface area (Å²) in [6, 6.07) is 8.45. The van der Waals surface area contributed by atoms with Gasteiger partial charge in [-0.05, 0) is 33.6 Å². The molecule has 1 aromatic carbocycles. The summed E-state index contributed by atoms with van der Waals surface area (Å²) in [5.74, 6) is 0. The number of nitrogens with zero attached hydrogens (tertiary/aromatic N) is 1. The highest BCUT2D eigenvalue weighted by Gasteiger charge is 2.12. The third-order valence-electron chi connectivity index (χ3n) is 3.26. The normalized spacial score (nSPS) is 9.68. The van der Waals surface area contributed by atoms with Crippen LogP contribution in [0.1, 0.15) is 57.6 Å². The third kappa shape index (κ3) is 10.3. The highest BCUT2D eigenvalue weighted by Crippen LogP contribution is 2.02. The molecule has 0 saturated heterocycles. The molecule has 0 radical (unpaired) electrons. The van der Waals surface area contributed by atoms with Crippen LogP contribution in [0.4, 0.5) is 4.79 Å². The molecule has 1 rings (SSSR count). The molecule has 22 heavy (non-hydrogen) atoms. The van der Waals surface area contributed by atoms with Crippen LogP contribution in [-0.2, 0) is 4.74 Å². The van der Waals surface area contributed by atoms with E-state index in [9.17, 15) is 4.79 Å². The topological polar surface area (TPSA) is 29.5 Å². The van der Waals surface area contributed by atoms with Gasteiger partial charge in [-0.2, -0.15) is 0 Å². The Bertz CT molecular complexity index is 379. The highest BCUT2D eigenvalue weighted by molar-refractivity contribution is 5.67. The molecule has 0 atom stereocenters. The predicted octanol–water partition coefficient (Wildman–Crippen LogP) is 5.35. The molecule has 1 aromatic rings. The quantitative estimate of drug-likeness (QED) is 0.679. The average molecular weight is 307 g/mol. The first-order valence-electron chi connectivity index (χ1n) is 8.50. The van der Waals surface area contributed by atoms with Crippen molar-refractivity contribution >= 4 is 6.09 Å². The van der Waals surface area contributed by atoms with Gasteiger partial charge in [-0.3, -0.25) is 0 Å². The highest BCUT2D eigenvalue weighted by atomic mass is 16.6. The fraction of sp³-hybridized carbons (Fsp3) is 0.632. The van der Waals surface area contributed by atoms with Gasteiger partial charge in [0, 0.05) is 13.1 Å². The molecular formula is C19H33NO2. The number of amides is 1. The molecule has 0 saturated carbocycles. The molecule has 0 bridgehead atoms. The second-order valence-corrected chi connectivity index (χ2v) is 5.55. The lowest BCUT2D eigenvalue weighted by molar-refractivity contribution is 0.106. The van der Waals surface area contributed by atoms with Crippen molar-refractivity contribution < 1.29 is 9.53 Å². The maximum atomic E-state index is 11.5. The summed E-state index contributed by atoms with van der Waals surface area (Å²) in [6.07, 6.45) is 4.18. The molecule has 0 fully saturated rings. The van der Waals surface area contributed by atoms with Gasteiger partial charge in [-0.15, -0.1) is 0 Å². The number of ether oxygens (including phenoxy) is 1. The van der Waals surface area contributed by atoms with Gasteiger partial charge in [-0.1, -0.05) is 62.1 Å². The van der Waals surface area contributed by atoms with Gasteiger partial charge in [0.05, 0.1) is 6.61 Å². The van der Waals surface area contributed by atoms with E-state index in [4.69, 9.17) is 4.74 Å². The minimum absolute atomic E-state index is 0.158. The number of rotatable bonds is 7. The number of hydrogen-bond acceptors (Lipinski definition) is 2. The molecule has 0 aliphatic carbocycles. The zero-order valence-corrected chi connectivity index (χ0v) is 15.0. The van der Waals surface area contributed by atoms with E-state index in [0.717, 1.165) is 38.8 Å². The zero-order chi connectivity index (χ0) is 16.8. The van der Waals surface area contributed by atoms with Crippen LogP contribution in [0.2, 0.25) is 0 Å². The van der Waals surface area contributed by atoms with Gasteiger partial charge < -0.3 is 9.64 Å². The fourth-order valence-electron chi connectivity index (χ4n) is 2.01. The van der Waals surface area contributed by atoms with E-state index < -0.39 is 0 Å². The van der Waals surface area contributed by atoms with Gasteiger partial charge >= 0.3 is 6.09 Å². The Morgan fingerprint density at radius 3 is 1.82 bits per heavy atom. The van der Waals surface area contributed by atoms with E-state index in [1.54, 1.807) is 0 Å². The molecule has 0 heterocycles. The average Bonchev–Trinajstić information content (AvgIpc) is 2.48. The van der Waals surface area contributed by atoms with Gasteiger partial charge in [-0.25, -0.2) is 4.79 Å². The molecule has 0 unspecified atom stereocenters. The summed E-state index contributed by atoms with van der Waals surface area (Å²) >= 11 is 0. The van der Waals surface area contributed by atoms with Crippen molar-refractivity contribution in [3.8, 4) is 0 Å². The van der Waals surface area contributed by atoms with Crippen molar-refractivity contribution in [2.75, 3.05) is 19.7 Å². The molecule has 1 amide bonds. The first kappa shape index (κ1) is 20.5. The van der Waals surface area contributed by atoms with E-state index >= 15 is 0 Å². The summed E-state index contributed by atoms with van der Waals surface area (Å²) in [4.78, 5) is 13.3. The Labute approximate surface area is 136 Å². The standard InChI is InChI=1S/C11H23NO2.C8H10/c1-4-7-9-12(10-8-5-2)11(13)14-6-3;1-7-4-3-5-8(2)6-7/h4-10H2,1-3H3;3-6H,1-2H3. The van der Waals surface area contributed by atoms with Crippen molar-refractivity contribution in [3.05, 3.63) is 35.4 Å². The lowest BCUT2D eigenvalue weighted by atomic mass is 10.2. The van der Waals surface area contributed by atoms with E-state index in [-0.39, 0.29) is 6.09 Å². The minimum atomic E-state index is -0.158. The maximum Gasteiger partial charge on any atom is 0.409 e. The molecule has 126 valence electrons. The maximum absolute atomic E-state index is 11.5. The smallest absolute Gasteiger partial charge is 0.409 e. The Morgan fingerprint density at radius 2 is 1.50 bits per heavy atom. The lowest BCUT2D eigenvalue weighted by Gasteiger charge is -2.21. The van der Waals surface area contributed by atoms with E-state index in [2.05, 4.69) is 52.0 Å². The Balaban J connectivity index is 0.000000461. The summed E-state index contributed by atoms with van der Waals surface area (Å²) in [7, 11) is 0. The number of aryl methyl sites for hydroxylation is 2. The Morgan fingerprint density at radius 1 is 1.00 bits per heavy atom. The number of benzene rings is 1. The minimum Gasteiger partial charge on any atom is -0.450 e. The van der Waals surface area contributed by atoms with Crippen molar-refractivity contribution in [2.45, 2.75) is 60.3 Å². The van der Waals surface area contributed by atoms with Crippen molar-refractivity contribution in [1.29, 1.82) is 0 Å². The second kappa shape index (κ2) is 13.2. The van der Waals surface area contributed by atoms with Crippen LogP contribution >= 0.6 is 0 Å². The molecule has 0 aliphatic rings. The van der Waals surface area contributed by atoms with Crippen molar-refractivity contribution in [2.24, 2.45) is 0 Å². The molecule has 3 heteroatoms. The molecule has 0 aliphatic heterocycles. The second-order valence-electron chi connectivity index (χ2n) is 5.55. The van der Waals surface area contributed by atoms with Crippen LogP contribution in [0.3, 0.4) is 0 Å². The van der Waals surface area contributed by atoms with Gasteiger partial charge in [0.25, 0.3) is 0 Å². The largest absolute Gasteiger partial charge is 0.450 e.